The lowest BCUT2D eigenvalue weighted by molar-refractivity contribution is 0.0497. The van der Waals surface area contributed by atoms with Crippen LogP contribution in [-0.4, -0.2) is 103 Å². The molecule has 8 heteroatoms. The molecule has 0 radical (unpaired) electrons. The van der Waals surface area contributed by atoms with E-state index < -0.39 is 6.10 Å². The van der Waals surface area contributed by atoms with Gasteiger partial charge in [-0.3, -0.25) is 9.58 Å². The molecule has 0 aliphatic carbocycles. The largest absolute Gasteiger partial charge is 0.493 e. The van der Waals surface area contributed by atoms with E-state index in [-0.39, 0.29) is 6.61 Å². The summed E-state index contributed by atoms with van der Waals surface area (Å²) in [6, 6.07) is 8.12. The molecule has 2 aromatic rings. The van der Waals surface area contributed by atoms with Crippen LogP contribution in [0, 0.1) is 13.8 Å². The van der Waals surface area contributed by atoms with Gasteiger partial charge in [0.05, 0.1) is 19.3 Å². The standard InChI is InChI=1S/C24H39N5O3/c1-19-14-20(2)29(25-19)13-10-27(4)16-21-6-7-23(31-5)24(15-21)32-18-22(30)17-28-11-8-26(3)9-12-28/h6-7,14-15,22,30H,8-13,16-18H2,1-5H3/t22-/m1/s1. The molecule has 1 aromatic heterocycles. The van der Waals surface area contributed by atoms with Gasteiger partial charge in [-0.1, -0.05) is 6.07 Å². The molecule has 0 amide bonds. The number of likely N-dealkylation sites (N-methyl/N-ethyl adjacent to an activating group) is 2. The maximum Gasteiger partial charge on any atom is 0.161 e. The second kappa shape index (κ2) is 11.7. The number of β-amino-alcohol motifs (C(OH)–C–C–N with tert-alkyl or cyclic N) is 1. The van der Waals surface area contributed by atoms with Crippen molar-refractivity contribution in [1.82, 2.24) is 24.5 Å². The molecule has 1 fully saturated rings. The van der Waals surface area contributed by atoms with Crippen molar-refractivity contribution in [3.05, 3.63) is 41.2 Å². The Morgan fingerprint density at radius 2 is 1.88 bits per heavy atom. The maximum absolute atomic E-state index is 10.5. The Balaban J connectivity index is 1.51. The SMILES string of the molecule is COc1ccc(CN(C)CCn2nc(C)cc2C)cc1OC[C@H](O)CN1CCN(C)CC1. The predicted molar refractivity (Wildman–Crippen MR) is 126 cm³/mol. The lowest BCUT2D eigenvalue weighted by Gasteiger charge is -2.33. The monoisotopic (exact) mass is 445 g/mol. The maximum atomic E-state index is 10.5. The minimum absolute atomic E-state index is 0.250. The number of hydrogen-bond donors (Lipinski definition) is 1. The van der Waals surface area contributed by atoms with Gasteiger partial charge in [0.1, 0.15) is 12.7 Å². The van der Waals surface area contributed by atoms with Crippen LogP contribution < -0.4 is 9.47 Å². The fourth-order valence-corrected chi connectivity index (χ4v) is 4.06. The molecule has 0 bridgehead atoms. The Morgan fingerprint density at radius 1 is 1.12 bits per heavy atom. The summed E-state index contributed by atoms with van der Waals surface area (Å²) in [5.41, 5.74) is 3.38. The fourth-order valence-electron chi connectivity index (χ4n) is 4.06. The van der Waals surface area contributed by atoms with Crippen molar-refractivity contribution < 1.29 is 14.6 Å². The summed E-state index contributed by atoms with van der Waals surface area (Å²) in [6.07, 6.45) is -0.532. The summed E-state index contributed by atoms with van der Waals surface area (Å²) in [6.45, 7) is 11.6. The molecule has 1 saturated heterocycles. The van der Waals surface area contributed by atoms with Gasteiger partial charge < -0.3 is 24.4 Å². The van der Waals surface area contributed by atoms with Crippen LogP contribution in [0.15, 0.2) is 24.3 Å². The Morgan fingerprint density at radius 3 is 2.53 bits per heavy atom. The molecular weight excluding hydrogens is 406 g/mol. The summed E-state index contributed by atoms with van der Waals surface area (Å²) < 4.78 is 13.5. The molecule has 0 unspecified atom stereocenters. The van der Waals surface area contributed by atoms with Gasteiger partial charge in [-0.2, -0.15) is 5.10 Å². The van der Waals surface area contributed by atoms with Gasteiger partial charge in [0.2, 0.25) is 0 Å². The van der Waals surface area contributed by atoms with E-state index in [4.69, 9.17) is 9.47 Å². The highest BCUT2D eigenvalue weighted by molar-refractivity contribution is 5.43. The number of hydrogen-bond acceptors (Lipinski definition) is 7. The minimum atomic E-state index is -0.532. The molecule has 1 aliphatic rings. The van der Waals surface area contributed by atoms with Crippen molar-refractivity contribution in [2.75, 3.05) is 67.1 Å². The summed E-state index contributed by atoms with van der Waals surface area (Å²) in [5, 5.41) is 15.0. The zero-order valence-corrected chi connectivity index (χ0v) is 20.3. The molecule has 32 heavy (non-hydrogen) atoms. The van der Waals surface area contributed by atoms with Crippen LogP contribution in [0.2, 0.25) is 0 Å². The third-order valence-corrected chi connectivity index (χ3v) is 5.97. The van der Waals surface area contributed by atoms with Crippen molar-refractivity contribution in [3.8, 4) is 11.5 Å². The first-order valence-corrected chi connectivity index (χ1v) is 11.4. The normalized spacial score (nSPS) is 16.5. The molecule has 1 aliphatic heterocycles. The average molecular weight is 446 g/mol. The Hall–Kier alpha value is -2.13. The van der Waals surface area contributed by atoms with E-state index in [0.717, 1.165) is 57.1 Å². The van der Waals surface area contributed by atoms with E-state index in [1.54, 1.807) is 7.11 Å². The van der Waals surface area contributed by atoms with Gasteiger partial charge in [0, 0.05) is 51.5 Å². The molecule has 1 atom stereocenters. The van der Waals surface area contributed by atoms with E-state index in [2.05, 4.69) is 57.6 Å². The van der Waals surface area contributed by atoms with Gasteiger partial charge in [-0.15, -0.1) is 0 Å². The second-order valence-corrected chi connectivity index (χ2v) is 8.94. The average Bonchev–Trinajstić information content (AvgIpc) is 3.09. The molecule has 8 nitrogen and oxygen atoms in total. The second-order valence-electron chi connectivity index (χ2n) is 8.94. The number of rotatable bonds is 11. The highest BCUT2D eigenvalue weighted by Crippen LogP contribution is 2.28. The van der Waals surface area contributed by atoms with E-state index in [9.17, 15) is 5.11 Å². The summed E-state index contributed by atoms with van der Waals surface area (Å²) in [7, 11) is 5.88. The first-order chi connectivity index (χ1) is 15.3. The number of aryl methyl sites for hydroxylation is 2. The van der Waals surface area contributed by atoms with Crippen LogP contribution in [0.1, 0.15) is 17.0 Å². The molecule has 0 spiro atoms. The van der Waals surface area contributed by atoms with Crippen LogP contribution >= 0.6 is 0 Å². The van der Waals surface area contributed by atoms with Crippen LogP contribution in [0.25, 0.3) is 0 Å². The molecule has 3 rings (SSSR count). The lowest BCUT2D eigenvalue weighted by Crippen LogP contribution is -2.47. The van der Waals surface area contributed by atoms with Gasteiger partial charge in [0.15, 0.2) is 11.5 Å². The number of aromatic nitrogens is 2. The third-order valence-electron chi connectivity index (χ3n) is 5.97. The topological polar surface area (TPSA) is 66.2 Å². The zero-order chi connectivity index (χ0) is 23.1. The zero-order valence-electron chi connectivity index (χ0n) is 20.3. The lowest BCUT2D eigenvalue weighted by atomic mass is 10.2. The summed E-state index contributed by atoms with van der Waals surface area (Å²) >= 11 is 0. The fraction of sp³-hybridized carbons (Fsp3) is 0.625. The number of aliphatic hydroxyl groups excluding tert-OH is 1. The number of methoxy groups -OCH3 is 1. The number of ether oxygens (including phenoxy) is 2. The third kappa shape index (κ3) is 7.20. The smallest absolute Gasteiger partial charge is 0.161 e. The van der Waals surface area contributed by atoms with Crippen molar-refractivity contribution in [2.24, 2.45) is 0 Å². The number of aliphatic hydroxyl groups is 1. The van der Waals surface area contributed by atoms with Crippen LogP contribution in [0.5, 0.6) is 11.5 Å². The Kier molecular flexibility index (Phi) is 8.92. The molecule has 1 aromatic carbocycles. The predicted octanol–water partition coefficient (Wildman–Crippen LogP) is 1.63. The highest BCUT2D eigenvalue weighted by atomic mass is 16.5. The number of benzene rings is 1. The molecular formula is C24H39N5O3. The minimum Gasteiger partial charge on any atom is -0.493 e. The van der Waals surface area contributed by atoms with Crippen LogP contribution in [0.4, 0.5) is 0 Å². The number of piperazine rings is 1. The number of nitrogens with zero attached hydrogens (tertiary/aromatic N) is 5. The van der Waals surface area contributed by atoms with E-state index in [0.29, 0.717) is 18.0 Å². The first kappa shape index (κ1) is 24.5. The van der Waals surface area contributed by atoms with Gasteiger partial charge in [-0.25, -0.2) is 0 Å². The van der Waals surface area contributed by atoms with Gasteiger partial charge in [0.25, 0.3) is 0 Å². The van der Waals surface area contributed by atoms with Crippen molar-refractivity contribution in [3.63, 3.8) is 0 Å². The Labute approximate surface area is 192 Å². The first-order valence-electron chi connectivity index (χ1n) is 11.4. The molecule has 0 saturated carbocycles. The van der Waals surface area contributed by atoms with Gasteiger partial charge >= 0.3 is 0 Å². The summed E-state index contributed by atoms with van der Waals surface area (Å²) in [4.78, 5) is 6.87. The highest BCUT2D eigenvalue weighted by Gasteiger charge is 2.18. The van der Waals surface area contributed by atoms with Gasteiger partial charge in [-0.05, 0) is 51.7 Å². The molecule has 178 valence electrons. The van der Waals surface area contributed by atoms with Crippen LogP contribution in [-0.2, 0) is 13.1 Å². The van der Waals surface area contributed by atoms with E-state index in [1.807, 2.05) is 19.1 Å². The molecule has 1 N–H and O–H groups in total. The van der Waals surface area contributed by atoms with Crippen molar-refractivity contribution >= 4 is 0 Å². The van der Waals surface area contributed by atoms with Crippen molar-refractivity contribution in [2.45, 2.75) is 33.0 Å². The van der Waals surface area contributed by atoms with Crippen LogP contribution in [0.3, 0.4) is 0 Å². The summed E-state index contributed by atoms with van der Waals surface area (Å²) in [5.74, 6) is 1.36. The van der Waals surface area contributed by atoms with E-state index >= 15 is 0 Å². The van der Waals surface area contributed by atoms with E-state index in [1.165, 1.54) is 5.69 Å². The quantitative estimate of drug-likeness (QED) is 0.564. The Bertz CT molecular complexity index is 848. The van der Waals surface area contributed by atoms with Crippen molar-refractivity contribution in [1.29, 1.82) is 0 Å². The molecule has 2 heterocycles.